The first-order valence-electron chi connectivity index (χ1n) is 7.07. The van der Waals surface area contributed by atoms with Gasteiger partial charge in [0, 0.05) is 5.69 Å². The molecule has 0 atom stereocenters. The highest BCUT2D eigenvalue weighted by atomic mass is 35.5. The molecular weight excluding hydrogens is 320 g/mol. The van der Waals surface area contributed by atoms with Crippen LogP contribution in [-0.4, -0.2) is 42.5 Å². The summed E-state index contributed by atoms with van der Waals surface area (Å²) in [5.41, 5.74) is 2.22. The van der Waals surface area contributed by atoms with Crippen molar-refractivity contribution in [2.45, 2.75) is 6.92 Å². The van der Waals surface area contributed by atoms with Gasteiger partial charge >= 0.3 is 0 Å². The first-order valence-corrected chi connectivity index (χ1v) is 8.27. The second kappa shape index (κ2) is 7.09. The summed E-state index contributed by atoms with van der Waals surface area (Å²) in [6.45, 7) is 5.11. The largest absolute Gasteiger partial charge is 0.378 e. The van der Waals surface area contributed by atoms with Gasteiger partial charge in [-0.1, -0.05) is 40.6 Å². The van der Waals surface area contributed by atoms with Crippen LogP contribution < -0.4 is 5.32 Å². The Labute approximate surface area is 138 Å². The maximum atomic E-state index is 6.18. The topological polar surface area (TPSA) is 49.8 Å². The average Bonchev–Trinajstić information content (AvgIpc) is 2.88. The molecule has 0 bridgehead atoms. The summed E-state index contributed by atoms with van der Waals surface area (Å²) < 4.78 is 5.29. The molecule has 0 unspecified atom stereocenters. The molecule has 1 aliphatic rings. The Balaban J connectivity index is 1.67. The number of thiazole rings is 1. The van der Waals surface area contributed by atoms with Gasteiger partial charge < -0.3 is 10.1 Å². The van der Waals surface area contributed by atoms with Crippen LogP contribution in [0.25, 0.3) is 0 Å². The van der Waals surface area contributed by atoms with E-state index in [0.29, 0.717) is 18.4 Å². The molecule has 2 heterocycles. The third kappa shape index (κ3) is 3.97. The number of morpholine rings is 1. The van der Waals surface area contributed by atoms with Crippen LogP contribution in [0.2, 0.25) is 5.15 Å². The highest BCUT2D eigenvalue weighted by molar-refractivity contribution is 7.17. The Bertz CT molecular complexity index is 650. The van der Waals surface area contributed by atoms with E-state index < -0.39 is 0 Å². The van der Waals surface area contributed by atoms with Crippen molar-refractivity contribution in [1.29, 1.82) is 0 Å². The molecular formula is C15H17ClN4OS. The maximum Gasteiger partial charge on any atom is 0.189 e. The van der Waals surface area contributed by atoms with E-state index in [1.165, 1.54) is 16.9 Å². The fourth-order valence-electron chi connectivity index (χ4n) is 2.01. The zero-order valence-electron chi connectivity index (χ0n) is 12.3. The smallest absolute Gasteiger partial charge is 0.189 e. The van der Waals surface area contributed by atoms with Crippen LogP contribution in [0.3, 0.4) is 0 Å². The second-order valence-corrected chi connectivity index (χ2v) is 6.36. The molecule has 1 aromatic heterocycles. The maximum absolute atomic E-state index is 6.18. The van der Waals surface area contributed by atoms with Crippen molar-refractivity contribution in [2.24, 2.45) is 5.10 Å². The van der Waals surface area contributed by atoms with E-state index in [9.17, 15) is 0 Å². The molecule has 0 radical (unpaired) electrons. The number of aryl methyl sites for hydroxylation is 1. The SMILES string of the molecule is Cc1ccc(Nc2nc(Cl)c(/C=N/N3CCOCC3)s2)cc1. The average molecular weight is 337 g/mol. The molecule has 1 saturated heterocycles. The quantitative estimate of drug-likeness (QED) is 0.868. The van der Waals surface area contributed by atoms with Crippen molar-refractivity contribution in [3.63, 3.8) is 0 Å². The van der Waals surface area contributed by atoms with E-state index in [1.807, 2.05) is 17.1 Å². The Hall–Kier alpha value is -1.63. The number of halogens is 1. The number of nitrogens with one attached hydrogen (secondary N) is 1. The number of anilines is 2. The number of benzene rings is 1. The van der Waals surface area contributed by atoms with Gasteiger partial charge in [-0.15, -0.1) is 0 Å². The Morgan fingerprint density at radius 3 is 2.77 bits per heavy atom. The first-order chi connectivity index (χ1) is 10.7. The lowest BCUT2D eigenvalue weighted by atomic mass is 10.2. The highest BCUT2D eigenvalue weighted by Crippen LogP contribution is 2.28. The standard InChI is InChI=1S/C15H17ClN4OS/c1-11-2-4-12(5-3-11)18-15-19-14(16)13(22-15)10-17-20-6-8-21-9-7-20/h2-5,10H,6-9H2,1H3,(H,18,19)/b17-10+. The lowest BCUT2D eigenvalue weighted by molar-refractivity contribution is 0.0397. The molecule has 2 aromatic rings. The molecule has 1 N–H and O–H groups in total. The third-order valence-electron chi connectivity index (χ3n) is 3.24. The van der Waals surface area contributed by atoms with Crippen molar-refractivity contribution in [3.8, 4) is 0 Å². The molecule has 0 amide bonds. The van der Waals surface area contributed by atoms with Crippen LogP contribution >= 0.6 is 22.9 Å². The minimum absolute atomic E-state index is 0.469. The minimum Gasteiger partial charge on any atom is -0.378 e. The number of rotatable bonds is 4. The third-order valence-corrected chi connectivity index (χ3v) is 4.54. The van der Waals surface area contributed by atoms with Crippen molar-refractivity contribution >= 4 is 40.0 Å². The first kappa shape index (κ1) is 15.3. The molecule has 0 saturated carbocycles. The van der Waals surface area contributed by atoms with Crippen LogP contribution in [0, 0.1) is 6.92 Å². The second-order valence-electron chi connectivity index (χ2n) is 4.98. The number of nitrogens with zero attached hydrogens (tertiary/aromatic N) is 3. The minimum atomic E-state index is 0.469. The zero-order valence-corrected chi connectivity index (χ0v) is 13.8. The van der Waals surface area contributed by atoms with Crippen LogP contribution in [0.4, 0.5) is 10.8 Å². The van der Waals surface area contributed by atoms with Crippen molar-refractivity contribution in [1.82, 2.24) is 9.99 Å². The van der Waals surface area contributed by atoms with Crippen LogP contribution in [0.5, 0.6) is 0 Å². The summed E-state index contributed by atoms with van der Waals surface area (Å²) in [6, 6.07) is 8.15. The van der Waals surface area contributed by atoms with E-state index in [-0.39, 0.29) is 0 Å². The predicted molar refractivity (Wildman–Crippen MR) is 91.6 cm³/mol. The zero-order chi connectivity index (χ0) is 15.4. The van der Waals surface area contributed by atoms with E-state index in [4.69, 9.17) is 16.3 Å². The lowest BCUT2D eigenvalue weighted by Gasteiger charge is -2.23. The fraction of sp³-hybridized carbons (Fsp3) is 0.333. The van der Waals surface area contributed by atoms with E-state index in [2.05, 4.69) is 34.5 Å². The van der Waals surface area contributed by atoms with Gasteiger partial charge in [-0.25, -0.2) is 4.98 Å². The van der Waals surface area contributed by atoms with E-state index in [0.717, 1.165) is 28.8 Å². The van der Waals surface area contributed by atoms with Gasteiger partial charge in [0.2, 0.25) is 0 Å². The molecule has 5 nitrogen and oxygen atoms in total. The van der Waals surface area contributed by atoms with Gasteiger partial charge in [0.1, 0.15) is 0 Å². The molecule has 22 heavy (non-hydrogen) atoms. The number of hydrazone groups is 1. The van der Waals surface area contributed by atoms with Gasteiger partial charge in [0.15, 0.2) is 10.3 Å². The number of hydrogen-bond donors (Lipinski definition) is 1. The molecule has 0 spiro atoms. The number of hydrogen-bond acceptors (Lipinski definition) is 6. The monoisotopic (exact) mass is 336 g/mol. The van der Waals surface area contributed by atoms with Gasteiger partial charge in [0.05, 0.1) is 37.4 Å². The van der Waals surface area contributed by atoms with Gasteiger partial charge in [0.25, 0.3) is 0 Å². The summed E-state index contributed by atoms with van der Waals surface area (Å²) in [5, 5.41) is 10.9. The lowest BCUT2D eigenvalue weighted by Crippen LogP contribution is -2.32. The summed E-state index contributed by atoms with van der Waals surface area (Å²) in [7, 11) is 0. The van der Waals surface area contributed by atoms with Crippen LogP contribution in [0.15, 0.2) is 29.4 Å². The van der Waals surface area contributed by atoms with E-state index in [1.54, 1.807) is 6.21 Å². The summed E-state index contributed by atoms with van der Waals surface area (Å²) in [6.07, 6.45) is 1.77. The Kier molecular flexibility index (Phi) is 4.92. The van der Waals surface area contributed by atoms with Crippen molar-refractivity contribution in [2.75, 3.05) is 31.6 Å². The molecule has 1 fully saturated rings. The van der Waals surface area contributed by atoms with Crippen molar-refractivity contribution < 1.29 is 4.74 Å². The summed E-state index contributed by atoms with van der Waals surface area (Å²) >= 11 is 7.66. The van der Waals surface area contributed by atoms with Gasteiger partial charge in [-0.3, -0.25) is 5.01 Å². The van der Waals surface area contributed by atoms with Gasteiger partial charge in [-0.05, 0) is 19.1 Å². The number of aromatic nitrogens is 1. The molecule has 3 rings (SSSR count). The van der Waals surface area contributed by atoms with Crippen LogP contribution in [0.1, 0.15) is 10.4 Å². The van der Waals surface area contributed by atoms with E-state index >= 15 is 0 Å². The fourth-order valence-corrected chi connectivity index (χ4v) is 3.05. The molecule has 1 aliphatic heterocycles. The molecule has 7 heteroatoms. The van der Waals surface area contributed by atoms with Crippen LogP contribution in [-0.2, 0) is 4.74 Å². The summed E-state index contributed by atoms with van der Waals surface area (Å²) in [4.78, 5) is 5.18. The summed E-state index contributed by atoms with van der Waals surface area (Å²) in [5.74, 6) is 0. The van der Waals surface area contributed by atoms with Gasteiger partial charge in [-0.2, -0.15) is 5.10 Å². The normalized spacial score (nSPS) is 15.5. The highest BCUT2D eigenvalue weighted by Gasteiger charge is 2.10. The van der Waals surface area contributed by atoms with Crippen molar-refractivity contribution in [3.05, 3.63) is 39.9 Å². The Morgan fingerprint density at radius 1 is 1.32 bits per heavy atom. The predicted octanol–water partition coefficient (Wildman–Crippen LogP) is 3.51. The Morgan fingerprint density at radius 2 is 2.05 bits per heavy atom. The molecule has 116 valence electrons. The number of ether oxygens (including phenoxy) is 1. The molecule has 1 aromatic carbocycles. The molecule has 0 aliphatic carbocycles.